The van der Waals surface area contributed by atoms with Crippen LogP contribution in [0.2, 0.25) is 0 Å². The Morgan fingerprint density at radius 1 is 0.974 bits per heavy atom. The number of carbonyl (C=O) groups is 1. The summed E-state index contributed by atoms with van der Waals surface area (Å²) >= 11 is 1.52. The van der Waals surface area contributed by atoms with E-state index in [9.17, 15) is 9.90 Å². The molecular weight excluding hydrogens is 510 g/mol. The van der Waals surface area contributed by atoms with Crippen LogP contribution in [0.3, 0.4) is 0 Å². The number of aromatic hydroxyl groups is 1. The maximum atomic E-state index is 13.1. The van der Waals surface area contributed by atoms with Gasteiger partial charge in [-0.25, -0.2) is 15.0 Å². The van der Waals surface area contributed by atoms with E-state index in [2.05, 4.69) is 34.4 Å². The number of pyridine rings is 1. The van der Waals surface area contributed by atoms with Crippen molar-refractivity contribution in [2.75, 3.05) is 17.7 Å². The smallest absolute Gasteiger partial charge is 0.259 e. The highest BCUT2D eigenvalue weighted by Gasteiger charge is 2.15. The predicted octanol–water partition coefficient (Wildman–Crippen LogP) is 7.01. The number of hydrogen-bond donors (Lipinski definition) is 3. The van der Waals surface area contributed by atoms with E-state index < -0.39 is 0 Å². The third kappa shape index (κ3) is 5.94. The number of nitrogens with one attached hydrogen (secondary N) is 2. The fourth-order valence-electron chi connectivity index (χ4n) is 3.97. The normalized spacial score (nSPS) is 11.0. The molecule has 5 rings (SSSR count). The zero-order valence-electron chi connectivity index (χ0n) is 21.7. The average Bonchev–Trinajstić information content (AvgIpc) is 2.95. The molecule has 5 aromatic rings. The largest absolute Gasteiger partial charge is 0.508 e. The summed E-state index contributed by atoms with van der Waals surface area (Å²) in [5, 5.41) is 16.9. The van der Waals surface area contributed by atoms with Crippen LogP contribution in [0.25, 0.3) is 11.0 Å². The minimum Gasteiger partial charge on any atom is -0.508 e. The standard InChI is InChI=1S/C30H27N5O3S/c1-18(2)24-14-13-23-28(34-24)31-17-32-29(23)35-25-16-19(33-30(37)22-6-4-5-7-26(22)38-3)8-15-27(25)39-21-11-9-20(36)10-12-21/h4-18,36H,1-3H3,(H,33,37)(H,31,32,34,35). The number of fused-ring (bicyclic) bond motifs is 1. The number of anilines is 3. The van der Waals surface area contributed by atoms with Gasteiger partial charge in [-0.05, 0) is 72.6 Å². The molecule has 0 saturated carbocycles. The minimum absolute atomic E-state index is 0.202. The van der Waals surface area contributed by atoms with Gasteiger partial charge in [-0.1, -0.05) is 37.7 Å². The van der Waals surface area contributed by atoms with Gasteiger partial charge in [0, 0.05) is 21.2 Å². The van der Waals surface area contributed by atoms with Crippen molar-refractivity contribution in [3.05, 3.63) is 96.4 Å². The number of hydrogen-bond acceptors (Lipinski definition) is 8. The van der Waals surface area contributed by atoms with Gasteiger partial charge in [-0.15, -0.1) is 0 Å². The Labute approximate surface area is 230 Å². The van der Waals surface area contributed by atoms with E-state index in [1.54, 1.807) is 30.3 Å². The Kier molecular flexibility index (Phi) is 7.60. The van der Waals surface area contributed by atoms with Crippen molar-refractivity contribution in [3.63, 3.8) is 0 Å². The molecule has 0 aliphatic carbocycles. The van der Waals surface area contributed by atoms with Crippen LogP contribution in [-0.4, -0.2) is 33.1 Å². The number of phenols is 1. The minimum atomic E-state index is -0.282. The number of amides is 1. The van der Waals surface area contributed by atoms with Crippen LogP contribution in [0.5, 0.6) is 11.5 Å². The molecule has 8 nitrogen and oxygen atoms in total. The van der Waals surface area contributed by atoms with Gasteiger partial charge < -0.3 is 20.5 Å². The highest BCUT2D eigenvalue weighted by molar-refractivity contribution is 7.99. The van der Waals surface area contributed by atoms with Crippen molar-refractivity contribution in [1.82, 2.24) is 15.0 Å². The molecule has 0 fully saturated rings. The number of nitrogens with zero attached hydrogens (tertiary/aromatic N) is 3. The van der Waals surface area contributed by atoms with Gasteiger partial charge in [-0.2, -0.15) is 0 Å². The number of ether oxygens (including phenoxy) is 1. The van der Waals surface area contributed by atoms with Gasteiger partial charge in [0.25, 0.3) is 5.91 Å². The summed E-state index contributed by atoms with van der Waals surface area (Å²) in [6, 6.07) is 23.6. The van der Waals surface area contributed by atoms with Gasteiger partial charge in [-0.3, -0.25) is 4.79 Å². The molecule has 0 radical (unpaired) electrons. The zero-order valence-corrected chi connectivity index (χ0v) is 22.5. The molecule has 9 heteroatoms. The number of carbonyl (C=O) groups excluding carboxylic acids is 1. The van der Waals surface area contributed by atoms with E-state index >= 15 is 0 Å². The third-order valence-corrected chi connectivity index (χ3v) is 7.10. The van der Waals surface area contributed by atoms with E-state index in [4.69, 9.17) is 9.72 Å². The number of benzene rings is 3. The lowest BCUT2D eigenvalue weighted by Crippen LogP contribution is -2.13. The summed E-state index contributed by atoms with van der Waals surface area (Å²) in [4.78, 5) is 28.5. The molecule has 0 aliphatic rings. The van der Waals surface area contributed by atoms with E-state index in [0.29, 0.717) is 28.5 Å². The van der Waals surface area contributed by atoms with Crippen molar-refractivity contribution >= 4 is 45.9 Å². The summed E-state index contributed by atoms with van der Waals surface area (Å²) in [6.07, 6.45) is 1.49. The number of para-hydroxylation sites is 1. The monoisotopic (exact) mass is 537 g/mol. The van der Waals surface area contributed by atoms with Crippen LogP contribution < -0.4 is 15.4 Å². The van der Waals surface area contributed by atoms with E-state index in [1.165, 1.54) is 25.2 Å². The molecule has 1 amide bonds. The molecule has 2 heterocycles. The van der Waals surface area contributed by atoms with Gasteiger partial charge in [0.05, 0.1) is 23.7 Å². The van der Waals surface area contributed by atoms with E-state index in [1.807, 2.05) is 48.5 Å². The lowest BCUT2D eigenvalue weighted by Gasteiger charge is -2.16. The summed E-state index contributed by atoms with van der Waals surface area (Å²) in [5.41, 5.74) is 3.33. The average molecular weight is 538 g/mol. The predicted molar refractivity (Wildman–Crippen MR) is 154 cm³/mol. The quantitative estimate of drug-likeness (QED) is 0.194. The van der Waals surface area contributed by atoms with Crippen molar-refractivity contribution in [1.29, 1.82) is 0 Å². The molecule has 3 aromatic carbocycles. The van der Waals surface area contributed by atoms with Crippen LogP contribution in [0.15, 0.2) is 95.0 Å². The molecule has 0 unspecified atom stereocenters. The summed E-state index contributed by atoms with van der Waals surface area (Å²) in [5.74, 6) is 1.29. The van der Waals surface area contributed by atoms with Crippen LogP contribution in [0.1, 0.15) is 35.8 Å². The van der Waals surface area contributed by atoms with Gasteiger partial charge >= 0.3 is 0 Å². The van der Waals surface area contributed by atoms with Crippen molar-refractivity contribution < 1.29 is 14.6 Å². The Hall–Kier alpha value is -4.63. The number of phenolic OH excluding ortho intramolecular Hbond substituents is 1. The molecule has 39 heavy (non-hydrogen) atoms. The van der Waals surface area contributed by atoms with Crippen LogP contribution >= 0.6 is 11.8 Å². The second kappa shape index (κ2) is 11.4. The third-order valence-electron chi connectivity index (χ3n) is 6.02. The molecule has 2 aromatic heterocycles. The van der Waals surface area contributed by atoms with Crippen molar-refractivity contribution in [3.8, 4) is 11.5 Å². The Morgan fingerprint density at radius 2 is 1.77 bits per heavy atom. The van der Waals surface area contributed by atoms with Crippen molar-refractivity contribution in [2.24, 2.45) is 0 Å². The fourth-order valence-corrected chi connectivity index (χ4v) is 4.85. The first-order chi connectivity index (χ1) is 18.9. The maximum absolute atomic E-state index is 13.1. The van der Waals surface area contributed by atoms with Gasteiger partial charge in [0.2, 0.25) is 0 Å². The van der Waals surface area contributed by atoms with Crippen LogP contribution in [-0.2, 0) is 0 Å². The summed E-state index contributed by atoms with van der Waals surface area (Å²) in [6.45, 7) is 4.18. The van der Waals surface area contributed by atoms with E-state index in [-0.39, 0.29) is 17.6 Å². The first kappa shape index (κ1) is 26.0. The zero-order chi connectivity index (χ0) is 27.4. The van der Waals surface area contributed by atoms with Crippen LogP contribution in [0, 0.1) is 0 Å². The van der Waals surface area contributed by atoms with Gasteiger partial charge in [0.15, 0.2) is 5.65 Å². The SMILES string of the molecule is COc1ccccc1C(=O)Nc1ccc(Sc2ccc(O)cc2)c(Nc2ncnc3nc(C(C)C)ccc23)c1. The molecule has 3 N–H and O–H groups in total. The molecule has 0 saturated heterocycles. The van der Waals surface area contributed by atoms with Gasteiger partial charge in [0.1, 0.15) is 23.6 Å². The molecular formula is C30H27N5O3S. The maximum Gasteiger partial charge on any atom is 0.259 e. The first-order valence-electron chi connectivity index (χ1n) is 12.3. The second-order valence-electron chi connectivity index (χ2n) is 9.07. The number of methoxy groups -OCH3 is 1. The lowest BCUT2D eigenvalue weighted by atomic mass is 10.1. The first-order valence-corrected chi connectivity index (χ1v) is 13.2. The molecule has 0 bridgehead atoms. The topological polar surface area (TPSA) is 109 Å². The Balaban J connectivity index is 1.51. The lowest BCUT2D eigenvalue weighted by molar-refractivity contribution is 0.102. The number of aromatic nitrogens is 3. The molecule has 0 spiro atoms. The highest BCUT2D eigenvalue weighted by Crippen LogP contribution is 2.38. The fraction of sp³-hybridized carbons (Fsp3) is 0.133. The highest BCUT2D eigenvalue weighted by atomic mass is 32.2. The molecule has 0 atom stereocenters. The van der Waals surface area contributed by atoms with E-state index in [0.717, 1.165) is 26.6 Å². The Morgan fingerprint density at radius 3 is 2.54 bits per heavy atom. The van der Waals surface area contributed by atoms with Crippen LogP contribution in [0.4, 0.5) is 17.2 Å². The summed E-state index contributed by atoms with van der Waals surface area (Å²) < 4.78 is 5.35. The Bertz CT molecular complexity index is 1640. The molecule has 196 valence electrons. The van der Waals surface area contributed by atoms with Crippen molar-refractivity contribution in [2.45, 2.75) is 29.6 Å². The second-order valence-corrected chi connectivity index (χ2v) is 10.2. The molecule has 0 aliphatic heterocycles. The number of rotatable bonds is 8. The summed E-state index contributed by atoms with van der Waals surface area (Å²) in [7, 11) is 1.54.